The molecule has 0 aliphatic rings. The van der Waals surface area contributed by atoms with Crippen LogP contribution in [-0.2, 0) is 9.47 Å². The van der Waals surface area contributed by atoms with Gasteiger partial charge in [0.15, 0.2) is 11.3 Å². The summed E-state index contributed by atoms with van der Waals surface area (Å²) in [4.78, 5) is 16.4. The Labute approximate surface area is 120 Å². The van der Waals surface area contributed by atoms with E-state index in [2.05, 4.69) is 4.98 Å². The smallest absolute Gasteiger partial charge is 0.364 e. The van der Waals surface area contributed by atoms with Gasteiger partial charge in [0.05, 0.1) is 5.52 Å². The van der Waals surface area contributed by atoms with Gasteiger partial charge in [-0.05, 0) is 26.0 Å². The normalized spacial score (nSPS) is 11.8. The van der Waals surface area contributed by atoms with E-state index in [-0.39, 0.29) is 0 Å². The summed E-state index contributed by atoms with van der Waals surface area (Å²) in [6.07, 6.45) is 1.16. The monoisotopic (exact) mass is 288 g/mol. The van der Waals surface area contributed by atoms with Crippen LogP contribution in [0.1, 0.15) is 25.9 Å². The molecule has 0 radical (unpaired) electrons. The van der Waals surface area contributed by atoms with Crippen molar-refractivity contribution < 1.29 is 13.9 Å². The maximum atomic E-state index is 12.1. The summed E-state index contributed by atoms with van der Waals surface area (Å²) >= 11 is 0. The fourth-order valence-electron chi connectivity index (χ4n) is 2.25. The summed E-state index contributed by atoms with van der Waals surface area (Å²) < 4.78 is 18.1. The van der Waals surface area contributed by atoms with E-state index in [1.807, 2.05) is 42.6 Å². The first-order valence-electron chi connectivity index (χ1n) is 6.88. The molecule has 0 aliphatic carbocycles. The van der Waals surface area contributed by atoms with Gasteiger partial charge in [0, 0.05) is 25.5 Å². The molecule has 0 saturated heterocycles. The Hall–Kier alpha value is -2.18. The number of ether oxygens (including phenoxy) is 2. The summed E-state index contributed by atoms with van der Waals surface area (Å²) in [7, 11) is 0. The average molecular weight is 288 g/mol. The molecule has 3 rings (SSSR count). The fourth-order valence-corrected chi connectivity index (χ4v) is 2.25. The fraction of sp³-hybridized carbons (Fsp3) is 0.333. The zero-order valence-electron chi connectivity index (χ0n) is 11.9. The van der Waals surface area contributed by atoms with Crippen molar-refractivity contribution >= 4 is 16.7 Å². The van der Waals surface area contributed by atoms with E-state index in [1.54, 1.807) is 6.07 Å². The zero-order valence-corrected chi connectivity index (χ0v) is 11.9. The van der Waals surface area contributed by atoms with E-state index in [0.29, 0.717) is 35.7 Å². The second kappa shape index (κ2) is 5.67. The molecule has 0 unspecified atom stereocenters. The van der Waals surface area contributed by atoms with Crippen molar-refractivity contribution in [2.75, 3.05) is 13.2 Å². The molecule has 0 N–H and O–H groups in total. The van der Waals surface area contributed by atoms with Gasteiger partial charge in [-0.2, -0.15) is 0 Å². The minimum atomic E-state index is -0.689. The highest BCUT2D eigenvalue weighted by atomic mass is 16.7. The Morgan fingerprint density at radius 1 is 1.29 bits per heavy atom. The molecule has 3 heterocycles. The molecule has 110 valence electrons. The first-order valence-corrected chi connectivity index (χ1v) is 6.88. The van der Waals surface area contributed by atoms with Crippen LogP contribution in [0.4, 0.5) is 0 Å². The van der Waals surface area contributed by atoms with Crippen molar-refractivity contribution in [1.29, 1.82) is 0 Å². The van der Waals surface area contributed by atoms with Crippen molar-refractivity contribution in [3.05, 3.63) is 46.6 Å². The van der Waals surface area contributed by atoms with Gasteiger partial charge in [-0.1, -0.05) is 6.07 Å². The van der Waals surface area contributed by atoms with Crippen LogP contribution in [0.2, 0.25) is 0 Å². The maximum absolute atomic E-state index is 12.1. The number of pyridine rings is 1. The number of imidazole rings is 1. The predicted molar refractivity (Wildman–Crippen MR) is 77.2 cm³/mol. The van der Waals surface area contributed by atoms with E-state index in [1.165, 1.54) is 0 Å². The van der Waals surface area contributed by atoms with Gasteiger partial charge in [-0.25, -0.2) is 9.78 Å². The third-order valence-electron chi connectivity index (χ3n) is 3.12. The molecule has 0 aromatic carbocycles. The molecule has 3 aromatic heterocycles. The van der Waals surface area contributed by atoms with Crippen LogP contribution in [0.3, 0.4) is 0 Å². The topological polar surface area (TPSA) is 66.0 Å². The highest BCUT2D eigenvalue weighted by Crippen LogP contribution is 2.22. The van der Waals surface area contributed by atoms with E-state index >= 15 is 0 Å². The second-order valence-corrected chi connectivity index (χ2v) is 4.45. The standard InChI is InChI=1S/C15H16N2O4/c1-3-19-15(20-4-2)11-9-10-13(14(18)21-11)16-12-7-5-6-8-17(10)12/h5-9,15H,3-4H2,1-2H3. The molecular formula is C15H16N2O4. The number of hydrogen-bond donors (Lipinski definition) is 0. The van der Waals surface area contributed by atoms with Gasteiger partial charge in [0.2, 0.25) is 6.29 Å². The van der Waals surface area contributed by atoms with Crippen LogP contribution in [0.5, 0.6) is 0 Å². The lowest BCUT2D eigenvalue weighted by Gasteiger charge is -2.15. The maximum Gasteiger partial charge on any atom is 0.364 e. The Bertz CT molecular complexity index is 815. The van der Waals surface area contributed by atoms with Gasteiger partial charge < -0.3 is 13.9 Å². The minimum Gasteiger partial charge on any atom is -0.421 e. The molecule has 21 heavy (non-hydrogen) atoms. The Balaban J connectivity index is 2.21. The molecule has 0 amide bonds. The molecule has 3 aromatic rings. The molecular weight excluding hydrogens is 272 g/mol. The average Bonchev–Trinajstić information content (AvgIpc) is 2.86. The highest BCUT2D eigenvalue weighted by molar-refractivity contribution is 5.79. The van der Waals surface area contributed by atoms with Gasteiger partial charge in [-0.15, -0.1) is 0 Å². The summed E-state index contributed by atoms with van der Waals surface area (Å²) in [6.45, 7) is 4.63. The lowest BCUT2D eigenvalue weighted by atomic mass is 10.3. The minimum absolute atomic E-state index is 0.302. The molecule has 0 bridgehead atoms. The summed E-state index contributed by atoms with van der Waals surface area (Å²) in [6, 6.07) is 7.33. The van der Waals surface area contributed by atoms with Crippen LogP contribution in [0, 0.1) is 0 Å². The molecule has 6 heteroatoms. The molecule has 0 saturated carbocycles. The van der Waals surface area contributed by atoms with Crippen LogP contribution < -0.4 is 5.63 Å². The SMILES string of the molecule is CCOC(OCC)c1cc2c(nc3ccccn32)c(=O)o1. The molecule has 0 atom stereocenters. The van der Waals surface area contributed by atoms with E-state index in [9.17, 15) is 4.79 Å². The third-order valence-corrected chi connectivity index (χ3v) is 3.12. The van der Waals surface area contributed by atoms with E-state index in [4.69, 9.17) is 13.9 Å². The highest BCUT2D eigenvalue weighted by Gasteiger charge is 2.19. The zero-order chi connectivity index (χ0) is 14.8. The number of nitrogens with zero attached hydrogens (tertiary/aromatic N) is 2. The third kappa shape index (κ3) is 2.43. The van der Waals surface area contributed by atoms with Gasteiger partial charge in [-0.3, -0.25) is 4.40 Å². The largest absolute Gasteiger partial charge is 0.421 e. The van der Waals surface area contributed by atoms with E-state index < -0.39 is 11.9 Å². The number of fused-ring (bicyclic) bond motifs is 3. The van der Waals surface area contributed by atoms with Crippen LogP contribution >= 0.6 is 0 Å². The van der Waals surface area contributed by atoms with Gasteiger partial charge >= 0.3 is 5.63 Å². The summed E-state index contributed by atoms with van der Waals surface area (Å²) in [5, 5.41) is 0. The van der Waals surface area contributed by atoms with Crippen molar-refractivity contribution in [2.45, 2.75) is 20.1 Å². The Kier molecular flexibility index (Phi) is 3.72. The molecule has 0 spiro atoms. The molecule has 0 aliphatic heterocycles. The first kappa shape index (κ1) is 13.8. The van der Waals surface area contributed by atoms with Crippen molar-refractivity contribution in [3.63, 3.8) is 0 Å². The quantitative estimate of drug-likeness (QED) is 0.675. The van der Waals surface area contributed by atoms with Gasteiger partial charge in [0.1, 0.15) is 5.65 Å². The van der Waals surface area contributed by atoms with Crippen LogP contribution in [0.15, 0.2) is 39.7 Å². The van der Waals surface area contributed by atoms with Crippen molar-refractivity contribution in [1.82, 2.24) is 9.38 Å². The molecule has 6 nitrogen and oxygen atoms in total. The second-order valence-electron chi connectivity index (χ2n) is 4.45. The van der Waals surface area contributed by atoms with Crippen LogP contribution in [0.25, 0.3) is 16.7 Å². The lowest BCUT2D eigenvalue weighted by molar-refractivity contribution is -0.151. The molecule has 0 fully saturated rings. The first-order chi connectivity index (χ1) is 10.2. The van der Waals surface area contributed by atoms with E-state index in [0.717, 1.165) is 0 Å². The van der Waals surface area contributed by atoms with Gasteiger partial charge in [0.25, 0.3) is 0 Å². The lowest BCUT2D eigenvalue weighted by Crippen LogP contribution is -2.12. The Morgan fingerprint density at radius 2 is 2.05 bits per heavy atom. The number of rotatable bonds is 5. The predicted octanol–water partition coefficient (Wildman–Crippen LogP) is 2.51. The van der Waals surface area contributed by atoms with Crippen molar-refractivity contribution in [3.8, 4) is 0 Å². The summed E-state index contributed by atoms with van der Waals surface area (Å²) in [5.41, 5.74) is 1.19. The summed E-state index contributed by atoms with van der Waals surface area (Å²) in [5.74, 6) is 0.349. The van der Waals surface area contributed by atoms with Crippen molar-refractivity contribution in [2.24, 2.45) is 0 Å². The number of hydrogen-bond acceptors (Lipinski definition) is 5. The number of aromatic nitrogens is 2. The van der Waals surface area contributed by atoms with Crippen LogP contribution in [-0.4, -0.2) is 22.6 Å². The Morgan fingerprint density at radius 3 is 2.76 bits per heavy atom.